The molecule has 1 fully saturated rings. The Labute approximate surface area is 172 Å². The third kappa shape index (κ3) is 4.78. The van der Waals surface area contributed by atoms with Gasteiger partial charge in [0.1, 0.15) is 6.04 Å². The number of nitrogens with zero attached hydrogens (tertiary/aromatic N) is 2. The molecular weight excluding hydrogens is 368 g/mol. The van der Waals surface area contributed by atoms with Gasteiger partial charge in [0.15, 0.2) is 0 Å². The van der Waals surface area contributed by atoms with Gasteiger partial charge in [-0.15, -0.1) is 0 Å². The first kappa shape index (κ1) is 21.3. The van der Waals surface area contributed by atoms with Gasteiger partial charge in [0, 0.05) is 42.9 Å². The minimum absolute atomic E-state index is 0.119. The SMILES string of the molecule is CCCCCN(CCCCN)c1cccc2c1CN(C1CCC(=O)NC1=O)C2=O. The molecule has 2 aliphatic rings. The lowest BCUT2D eigenvalue weighted by Gasteiger charge is -2.30. The molecule has 3 amide bonds. The van der Waals surface area contributed by atoms with Crippen molar-refractivity contribution in [1.82, 2.24) is 10.2 Å². The molecule has 2 heterocycles. The number of anilines is 1. The minimum atomic E-state index is -0.578. The third-order valence-corrected chi connectivity index (χ3v) is 5.81. The number of carbonyl (C=O) groups is 3. The molecule has 1 atom stereocenters. The van der Waals surface area contributed by atoms with Crippen molar-refractivity contribution in [3.05, 3.63) is 29.3 Å². The molecule has 0 aromatic heterocycles. The second-order valence-electron chi connectivity index (χ2n) is 7.89. The van der Waals surface area contributed by atoms with E-state index in [4.69, 9.17) is 5.73 Å². The zero-order valence-corrected chi connectivity index (χ0v) is 17.3. The average Bonchev–Trinajstić information content (AvgIpc) is 3.04. The van der Waals surface area contributed by atoms with Crippen molar-refractivity contribution >= 4 is 23.4 Å². The maximum absolute atomic E-state index is 13.0. The topological polar surface area (TPSA) is 95.7 Å². The zero-order chi connectivity index (χ0) is 20.8. The Bertz CT molecular complexity index is 754. The molecule has 2 aliphatic heterocycles. The van der Waals surface area contributed by atoms with Crippen LogP contribution in [0.3, 0.4) is 0 Å². The summed E-state index contributed by atoms with van der Waals surface area (Å²) in [5, 5.41) is 2.37. The Kier molecular flexibility index (Phi) is 7.25. The number of carbonyl (C=O) groups excluding carboxylic acids is 3. The Balaban J connectivity index is 1.82. The number of unbranched alkanes of at least 4 members (excludes halogenated alkanes) is 3. The molecule has 1 aromatic carbocycles. The zero-order valence-electron chi connectivity index (χ0n) is 17.3. The van der Waals surface area contributed by atoms with E-state index in [9.17, 15) is 14.4 Å². The van der Waals surface area contributed by atoms with Crippen molar-refractivity contribution in [3.63, 3.8) is 0 Å². The normalized spacial score (nSPS) is 18.8. The van der Waals surface area contributed by atoms with E-state index in [1.807, 2.05) is 12.1 Å². The van der Waals surface area contributed by atoms with Crippen molar-refractivity contribution in [2.24, 2.45) is 5.73 Å². The standard InChI is InChI=1S/C22H32N4O3/c1-2-3-5-13-25(14-6-4-12-23)18-9-7-8-16-17(18)15-26(22(16)29)19-10-11-20(27)24-21(19)28/h7-9,19H,2-6,10-15,23H2,1H3,(H,24,27,28). The number of hydrogen-bond acceptors (Lipinski definition) is 5. The highest BCUT2D eigenvalue weighted by atomic mass is 16.2. The number of nitrogens with one attached hydrogen (secondary N) is 1. The number of piperidine rings is 1. The first-order chi connectivity index (χ1) is 14.1. The Morgan fingerprint density at radius 3 is 2.59 bits per heavy atom. The smallest absolute Gasteiger partial charge is 0.255 e. The van der Waals surface area contributed by atoms with Gasteiger partial charge in [0.2, 0.25) is 11.8 Å². The molecule has 158 valence electrons. The number of hydrogen-bond donors (Lipinski definition) is 2. The summed E-state index contributed by atoms with van der Waals surface area (Å²) < 4.78 is 0. The van der Waals surface area contributed by atoms with Crippen molar-refractivity contribution in [2.45, 2.75) is 64.5 Å². The van der Waals surface area contributed by atoms with Crippen LogP contribution in [0.1, 0.15) is 67.8 Å². The van der Waals surface area contributed by atoms with E-state index in [1.165, 1.54) is 6.42 Å². The summed E-state index contributed by atoms with van der Waals surface area (Å²) in [6.45, 7) is 5.14. The van der Waals surface area contributed by atoms with Gasteiger partial charge >= 0.3 is 0 Å². The predicted molar refractivity (Wildman–Crippen MR) is 113 cm³/mol. The molecule has 0 saturated carbocycles. The maximum atomic E-state index is 13.0. The van der Waals surface area contributed by atoms with Crippen molar-refractivity contribution in [3.8, 4) is 0 Å². The van der Waals surface area contributed by atoms with Gasteiger partial charge in [-0.25, -0.2) is 0 Å². The van der Waals surface area contributed by atoms with Crippen LogP contribution in [0.15, 0.2) is 18.2 Å². The summed E-state index contributed by atoms with van der Waals surface area (Å²) in [5.74, 6) is -0.753. The van der Waals surface area contributed by atoms with Gasteiger partial charge in [0.25, 0.3) is 5.91 Å². The molecule has 3 rings (SSSR count). The Morgan fingerprint density at radius 1 is 1.14 bits per heavy atom. The molecule has 1 unspecified atom stereocenters. The van der Waals surface area contributed by atoms with Crippen LogP contribution >= 0.6 is 0 Å². The predicted octanol–water partition coefficient (Wildman–Crippen LogP) is 2.18. The summed E-state index contributed by atoms with van der Waals surface area (Å²) in [6, 6.07) is 5.27. The molecule has 0 radical (unpaired) electrons. The molecule has 7 heteroatoms. The van der Waals surface area contributed by atoms with Gasteiger partial charge in [0.05, 0.1) is 0 Å². The number of benzene rings is 1. The summed E-state index contributed by atoms with van der Waals surface area (Å²) in [7, 11) is 0. The summed E-state index contributed by atoms with van der Waals surface area (Å²) in [6.07, 6.45) is 6.07. The van der Waals surface area contributed by atoms with E-state index in [1.54, 1.807) is 4.90 Å². The van der Waals surface area contributed by atoms with E-state index in [0.717, 1.165) is 50.0 Å². The number of amides is 3. The van der Waals surface area contributed by atoms with Crippen LogP contribution in [0, 0.1) is 0 Å². The highest BCUT2D eigenvalue weighted by Gasteiger charge is 2.40. The van der Waals surface area contributed by atoms with E-state index < -0.39 is 6.04 Å². The molecule has 1 saturated heterocycles. The highest BCUT2D eigenvalue weighted by molar-refractivity contribution is 6.06. The first-order valence-corrected chi connectivity index (χ1v) is 10.8. The van der Waals surface area contributed by atoms with Crippen molar-refractivity contribution in [1.29, 1.82) is 0 Å². The fraction of sp³-hybridized carbons (Fsp3) is 0.591. The molecule has 3 N–H and O–H groups in total. The van der Waals surface area contributed by atoms with Crippen LogP contribution in [-0.4, -0.2) is 48.3 Å². The fourth-order valence-corrected chi connectivity index (χ4v) is 4.22. The van der Waals surface area contributed by atoms with E-state index in [2.05, 4.69) is 23.2 Å². The van der Waals surface area contributed by atoms with Crippen LogP contribution in [-0.2, 0) is 16.1 Å². The molecule has 29 heavy (non-hydrogen) atoms. The number of nitrogens with two attached hydrogens (primary N) is 1. The van der Waals surface area contributed by atoms with E-state index >= 15 is 0 Å². The minimum Gasteiger partial charge on any atom is -0.371 e. The lowest BCUT2D eigenvalue weighted by atomic mass is 10.0. The van der Waals surface area contributed by atoms with Crippen molar-refractivity contribution in [2.75, 3.05) is 24.5 Å². The molecule has 1 aromatic rings. The van der Waals surface area contributed by atoms with Crippen LogP contribution in [0.2, 0.25) is 0 Å². The molecule has 0 bridgehead atoms. The lowest BCUT2D eigenvalue weighted by molar-refractivity contribution is -0.136. The van der Waals surface area contributed by atoms with E-state index in [-0.39, 0.29) is 24.1 Å². The van der Waals surface area contributed by atoms with E-state index in [0.29, 0.717) is 25.1 Å². The lowest BCUT2D eigenvalue weighted by Crippen LogP contribution is -2.52. The van der Waals surface area contributed by atoms with Gasteiger partial charge in [-0.05, 0) is 44.4 Å². The molecule has 0 spiro atoms. The Morgan fingerprint density at radius 2 is 1.90 bits per heavy atom. The largest absolute Gasteiger partial charge is 0.371 e. The third-order valence-electron chi connectivity index (χ3n) is 5.81. The number of rotatable bonds is 10. The summed E-state index contributed by atoms with van der Waals surface area (Å²) in [5.41, 5.74) is 8.42. The quantitative estimate of drug-likeness (QED) is 0.464. The monoisotopic (exact) mass is 400 g/mol. The average molecular weight is 401 g/mol. The van der Waals surface area contributed by atoms with Crippen LogP contribution in [0.25, 0.3) is 0 Å². The van der Waals surface area contributed by atoms with Gasteiger partial charge in [-0.2, -0.15) is 0 Å². The van der Waals surface area contributed by atoms with Gasteiger partial charge in [-0.1, -0.05) is 25.8 Å². The molecule has 7 nitrogen and oxygen atoms in total. The van der Waals surface area contributed by atoms with Crippen molar-refractivity contribution < 1.29 is 14.4 Å². The summed E-state index contributed by atoms with van der Waals surface area (Å²) in [4.78, 5) is 40.8. The Hall–Kier alpha value is -2.41. The number of imide groups is 1. The second kappa shape index (κ2) is 9.87. The first-order valence-electron chi connectivity index (χ1n) is 10.8. The molecule has 0 aliphatic carbocycles. The molecular formula is C22H32N4O3. The van der Waals surface area contributed by atoms with Crippen LogP contribution in [0.4, 0.5) is 5.69 Å². The maximum Gasteiger partial charge on any atom is 0.255 e. The van der Waals surface area contributed by atoms with Crippen LogP contribution in [0.5, 0.6) is 0 Å². The van der Waals surface area contributed by atoms with Gasteiger partial charge < -0.3 is 15.5 Å². The summed E-state index contributed by atoms with van der Waals surface area (Å²) >= 11 is 0. The van der Waals surface area contributed by atoms with Crippen LogP contribution < -0.4 is 16.0 Å². The fourth-order valence-electron chi connectivity index (χ4n) is 4.22. The second-order valence-corrected chi connectivity index (χ2v) is 7.89. The highest BCUT2D eigenvalue weighted by Crippen LogP contribution is 2.34. The van der Waals surface area contributed by atoms with Gasteiger partial charge in [-0.3, -0.25) is 19.7 Å². The number of fused-ring (bicyclic) bond motifs is 1.